The number of aryl methyl sites for hydroxylation is 1. The van der Waals surface area contributed by atoms with Crippen molar-refractivity contribution in [2.45, 2.75) is 6.92 Å². The maximum atomic E-state index is 5.63. The minimum Gasteiger partial charge on any atom is -0.368 e. The fourth-order valence-corrected chi connectivity index (χ4v) is 1.91. The van der Waals surface area contributed by atoms with Gasteiger partial charge in [-0.05, 0) is 24.6 Å². The number of benzene rings is 1. The average molecular weight is 236 g/mol. The molecule has 4 heteroatoms. The highest BCUT2D eigenvalue weighted by Crippen LogP contribution is 2.22. The van der Waals surface area contributed by atoms with Crippen LogP contribution in [0.15, 0.2) is 42.6 Å². The molecule has 4 nitrogen and oxygen atoms in total. The second kappa shape index (κ2) is 4.07. The molecule has 0 fully saturated rings. The summed E-state index contributed by atoms with van der Waals surface area (Å²) in [5.74, 6) is 0.269. The van der Waals surface area contributed by atoms with Crippen LogP contribution in [0.4, 0.5) is 5.95 Å². The number of nitrogens with two attached hydrogens (primary N) is 1. The van der Waals surface area contributed by atoms with Crippen LogP contribution in [0, 0.1) is 6.92 Å². The number of para-hydroxylation sites is 1. The van der Waals surface area contributed by atoms with Gasteiger partial charge in [0.15, 0.2) is 0 Å². The van der Waals surface area contributed by atoms with Crippen LogP contribution in [0.2, 0.25) is 0 Å². The van der Waals surface area contributed by atoms with Crippen molar-refractivity contribution in [3.63, 3.8) is 0 Å². The number of fused-ring (bicyclic) bond motifs is 1. The lowest BCUT2D eigenvalue weighted by atomic mass is 10.1. The van der Waals surface area contributed by atoms with E-state index in [1.807, 2.05) is 43.3 Å². The highest BCUT2D eigenvalue weighted by atomic mass is 15.0. The molecule has 0 amide bonds. The molecule has 3 aromatic rings. The van der Waals surface area contributed by atoms with E-state index in [0.717, 1.165) is 27.9 Å². The van der Waals surface area contributed by atoms with Crippen molar-refractivity contribution in [2.75, 3.05) is 5.73 Å². The van der Waals surface area contributed by atoms with Gasteiger partial charge in [0, 0.05) is 11.6 Å². The second-order valence-corrected chi connectivity index (χ2v) is 4.15. The normalized spacial score (nSPS) is 10.7. The molecule has 18 heavy (non-hydrogen) atoms. The van der Waals surface area contributed by atoms with Gasteiger partial charge >= 0.3 is 0 Å². The molecule has 0 bridgehead atoms. The van der Waals surface area contributed by atoms with Crippen LogP contribution in [-0.4, -0.2) is 15.0 Å². The van der Waals surface area contributed by atoms with E-state index in [0.29, 0.717) is 0 Å². The van der Waals surface area contributed by atoms with Crippen molar-refractivity contribution in [2.24, 2.45) is 0 Å². The second-order valence-electron chi connectivity index (χ2n) is 4.15. The zero-order valence-corrected chi connectivity index (χ0v) is 9.96. The van der Waals surface area contributed by atoms with Crippen LogP contribution in [0.1, 0.15) is 5.56 Å². The molecular weight excluding hydrogens is 224 g/mol. The number of hydrogen-bond acceptors (Lipinski definition) is 4. The lowest BCUT2D eigenvalue weighted by molar-refractivity contribution is 1.14. The Balaban J connectivity index is 2.22. The fourth-order valence-electron chi connectivity index (χ4n) is 1.91. The number of aromatic nitrogens is 3. The van der Waals surface area contributed by atoms with Crippen molar-refractivity contribution in [3.8, 4) is 11.4 Å². The van der Waals surface area contributed by atoms with Crippen LogP contribution in [0.5, 0.6) is 0 Å². The van der Waals surface area contributed by atoms with E-state index in [4.69, 9.17) is 5.73 Å². The van der Waals surface area contributed by atoms with Crippen LogP contribution < -0.4 is 5.73 Å². The largest absolute Gasteiger partial charge is 0.368 e. The molecule has 0 atom stereocenters. The van der Waals surface area contributed by atoms with E-state index in [-0.39, 0.29) is 5.95 Å². The summed E-state index contributed by atoms with van der Waals surface area (Å²) < 4.78 is 0. The van der Waals surface area contributed by atoms with Gasteiger partial charge in [0.1, 0.15) is 0 Å². The minimum atomic E-state index is 0.269. The van der Waals surface area contributed by atoms with Gasteiger partial charge in [0.2, 0.25) is 5.95 Å². The summed E-state index contributed by atoms with van der Waals surface area (Å²) in [5, 5.41) is 1.11. The van der Waals surface area contributed by atoms with Gasteiger partial charge in [0.05, 0.1) is 16.9 Å². The van der Waals surface area contributed by atoms with Crippen molar-refractivity contribution < 1.29 is 0 Å². The molecule has 2 heterocycles. The van der Waals surface area contributed by atoms with E-state index >= 15 is 0 Å². The first-order valence-electron chi connectivity index (χ1n) is 5.69. The van der Waals surface area contributed by atoms with Gasteiger partial charge in [-0.3, -0.25) is 0 Å². The zero-order valence-electron chi connectivity index (χ0n) is 9.96. The summed E-state index contributed by atoms with van der Waals surface area (Å²) in [5.41, 5.74) is 9.15. The molecule has 0 radical (unpaired) electrons. The molecule has 1 aromatic carbocycles. The standard InChI is InChI=1S/C14H12N4/c1-9-8-16-14(15)18-13(9)12-7-6-10-4-2-3-5-11(10)17-12/h2-8H,1H3,(H2,15,16,18). The van der Waals surface area contributed by atoms with Crippen molar-refractivity contribution in [1.82, 2.24) is 15.0 Å². The van der Waals surface area contributed by atoms with Gasteiger partial charge < -0.3 is 5.73 Å². The molecule has 2 aromatic heterocycles. The first kappa shape index (κ1) is 10.7. The molecule has 88 valence electrons. The molecular formula is C14H12N4. The summed E-state index contributed by atoms with van der Waals surface area (Å²) in [6.07, 6.45) is 1.72. The third-order valence-corrected chi connectivity index (χ3v) is 2.83. The SMILES string of the molecule is Cc1cnc(N)nc1-c1ccc2ccccc2n1. The Bertz CT molecular complexity index is 722. The summed E-state index contributed by atoms with van der Waals surface area (Å²) in [4.78, 5) is 12.8. The molecule has 0 spiro atoms. The van der Waals surface area contributed by atoms with Crippen LogP contribution in [-0.2, 0) is 0 Å². The lowest BCUT2D eigenvalue weighted by Crippen LogP contribution is -1.99. The number of rotatable bonds is 1. The summed E-state index contributed by atoms with van der Waals surface area (Å²) in [7, 11) is 0. The van der Waals surface area contributed by atoms with Gasteiger partial charge in [-0.1, -0.05) is 24.3 Å². The minimum absolute atomic E-state index is 0.269. The van der Waals surface area contributed by atoms with Crippen molar-refractivity contribution in [3.05, 3.63) is 48.2 Å². The Kier molecular flexibility index (Phi) is 2.41. The van der Waals surface area contributed by atoms with Gasteiger partial charge in [-0.2, -0.15) is 0 Å². The third kappa shape index (κ3) is 1.78. The summed E-state index contributed by atoms with van der Waals surface area (Å²) in [6.45, 7) is 1.95. The van der Waals surface area contributed by atoms with E-state index in [1.54, 1.807) is 6.20 Å². The number of nitrogens with zero attached hydrogens (tertiary/aromatic N) is 3. The van der Waals surface area contributed by atoms with Gasteiger partial charge in [-0.15, -0.1) is 0 Å². The van der Waals surface area contributed by atoms with Gasteiger partial charge in [-0.25, -0.2) is 15.0 Å². The van der Waals surface area contributed by atoms with E-state index in [9.17, 15) is 0 Å². The predicted octanol–water partition coefficient (Wildman–Crippen LogP) is 2.58. The first-order valence-corrected chi connectivity index (χ1v) is 5.69. The highest BCUT2D eigenvalue weighted by Gasteiger charge is 2.07. The van der Waals surface area contributed by atoms with Crippen molar-refractivity contribution >= 4 is 16.9 Å². The number of pyridine rings is 1. The van der Waals surface area contributed by atoms with Crippen LogP contribution in [0.3, 0.4) is 0 Å². The van der Waals surface area contributed by atoms with E-state index in [1.165, 1.54) is 0 Å². The van der Waals surface area contributed by atoms with E-state index < -0.39 is 0 Å². The zero-order chi connectivity index (χ0) is 12.5. The predicted molar refractivity (Wildman–Crippen MR) is 71.9 cm³/mol. The van der Waals surface area contributed by atoms with E-state index in [2.05, 4.69) is 15.0 Å². The molecule has 0 aliphatic carbocycles. The first-order chi connectivity index (χ1) is 8.74. The van der Waals surface area contributed by atoms with Crippen LogP contribution >= 0.6 is 0 Å². The Morgan fingerprint density at radius 2 is 1.83 bits per heavy atom. The molecule has 2 N–H and O–H groups in total. The molecule has 0 aliphatic heterocycles. The number of hydrogen-bond donors (Lipinski definition) is 1. The smallest absolute Gasteiger partial charge is 0.220 e. The monoisotopic (exact) mass is 236 g/mol. The Hall–Kier alpha value is -2.49. The summed E-state index contributed by atoms with van der Waals surface area (Å²) in [6, 6.07) is 12.0. The van der Waals surface area contributed by atoms with Crippen molar-refractivity contribution in [1.29, 1.82) is 0 Å². The average Bonchev–Trinajstić information content (AvgIpc) is 2.41. The molecule has 0 saturated heterocycles. The third-order valence-electron chi connectivity index (χ3n) is 2.83. The molecule has 0 aliphatic rings. The topological polar surface area (TPSA) is 64.7 Å². The highest BCUT2D eigenvalue weighted by molar-refractivity contribution is 5.81. The summed E-state index contributed by atoms with van der Waals surface area (Å²) >= 11 is 0. The number of anilines is 1. The molecule has 3 rings (SSSR count). The lowest BCUT2D eigenvalue weighted by Gasteiger charge is -2.05. The quantitative estimate of drug-likeness (QED) is 0.705. The maximum absolute atomic E-state index is 5.63. The maximum Gasteiger partial charge on any atom is 0.220 e. The fraction of sp³-hybridized carbons (Fsp3) is 0.0714. The number of nitrogen functional groups attached to an aromatic ring is 1. The Morgan fingerprint density at radius 3 is 2.72 bits per heavy atom. The molecule has 0 unspecified atom stereocenters. The Labute approximate surface area is 105 Å². The van der Waals surface area contributed by atoms with Gasteiger partial charge in [0.25, 0.3) is 0 Å². The molecule has 0 saturated carbocycles. The Morgan fingerprint density at radius 1 is 1.00 bits per heavy atom. The van der Waals surface area contributed by atoms with Crippen LogP contribution in [0.25, 0.3) is 22.3 Å².